The minimum absolute atomic E-state index is 1.06. The van der Waals surface area contributed by atoms with Crippen molar-refractivity contribution in [1.29, 1.82) is 0 Å². The Hall–Kier alpha value is -4.37. The summed E-state index contributed by atoms with van der Waals surface area (Å²) in [6.07, 6.45) is 1.95. The lowest BCUT2D eigenvalue weighted by Gasteiger charge is -2.27. The number of anilines is 4. The third-order valence-electron chi connectivity index (χ3n) is 5.98. The first kappa shape index (κ1) is 21.5. The van der Waals surface area contributed by atoms with Gasteiger partial charge < -0.3 is 4.90 Å². The summed E-state index contributed by atoms with van der Waals surface area (Å²) in [6, 6.07) is 42.3. The number of benzene rings is 5. The summed E-state index contributed by atoms with van der Waals surface area (Å²) in [4.78, 5) is 2.31. The molecule has 0 aliphatic carbocycles. The third-order valence-corrected chi connectivity index (χ3v) is 5.98. The Bertz CT molecular complexity index is 1370. The van der Waals surface area contributed by atoms with Crippen molar-refractivity contribution < 1.29 is 0 Å². The van der Waals surface area contributed by atoms with Gasteiger partial charge in [-0.15, -0.1) is 0 Å². The standard InChI is InChI=1S/C31H27N3/c1-24-17-20-26(21-18-24)33(2)32-23-25-19-22-31(30-16-10-9-15-29(25)30)34(27-11-5-3-6-12-27)28-13-7-4-8-14-28/h3-23H,1-2H3/b32-23+. The van der Waals surface area contributed by atoms with Crippen molar-refractivity contribution >= 4 is 39.7 Å². The van der Waals surface area contributed by atoms with Gasteiger partial charge in [0.15, 0.2) is 0 Å². The summed E-state index contributed by atoms with van der Waals surface area (Å²) < 4.78 is 0. The second-order valence-electron chi connectivity index (χ2n) is 8.33. The van der Waals surface area contributed by atoms with Crippen molar-refractivity contribution in [2.75, 3.05) is 17.0 Å². The first-order valence-corrected chi connectivity index (χ1v) is 11.5. The van der Waals surface area contributed by atoms with E-state index in [-0.39, 0.29) is 0 Å². The van der Waals surface area contributed by atoms with E-state index in [0.717, 1.165) is 33.7 Å². The molecule has 3 nitrogen and oxygen atoms in total. The van der Waals surface area contributed by atoms with Gasteiger partial charge in [-0.3, -0.25) is 5.01 Å². The van der Waals surface area contributed by atoms with Crippen LogP contribution in [0.4, 0.5) is 22.7 Å². The Balaban J connectivity index is 1.58. The van der Waals surface area contributed by atoms with Crippen LogP contribution in [0.2, 0.25) is 0 Å². The highest BCUT2D eigenvalue weighted by atomic mass is 15.4. The van der Waals surface area contributed by atoms with Gasteiger partial charge >= 0.3 is 0 Å². The molecule has 0 spiro atoms. The second-order valence-corrected chi connectivity index (χ2v) is 8.33. The molecule has 5 rings (SSSR count). The van der Waals surface area contributed by atoms with Gasteiger partial charge in [0.05, 0.1) is 17.6 Å². The molecule has 0 aromatic heterocycles. The van der Waals surface area contributed by atoms with Crippen LogP contribution in [0.5, 0.6) is 0 Å². The molecule has 0 N–H and O–H groups in total. The third kappa shape index (κ3) is 4.41. The number of hydrogen-bond donors (Lipinski definition) is 0. The van der Waals surface area contributed by atoms with Gasteiger partial charge in [0.2, 0.25) is 0 Å². The van der Waals surface area contributed by atoms with Gasteiger partial charge in [0.1, 0.15) is 0 Å². The SMILES string of the molecule is Cc1ccc(N(C)/N=C/c2ccc(N(c3ccccc3)c3ccccc3)c3ccccc23)cc1. The van der Waals surface area contributed by atoms with Gasteiger partial charge in [-0.05, 0) is 54.8 Å². The molecule has 5 aromatic rings. The molecule has 0 heterocycles. The molecular formula is C31H27N3. The van der Waals surface area contributed by atoms with Gasteiger partial charge in [-0.25, -0.2) is 0 Å². The van der Waals surface area contributed by atoms with E-state index >= 15 is 0 Å². The summed E-state index contributed by atoms with van der Waals surface area (Å²) in [6.45, 7) is 2.09. The fourth-order valence-corrected chi connectivity index (χ4v) is 4.17. The molecule has 0 atom stereocenters. The van der Waals surface area contributed by atoms with E-state index in [1.807, 2.05) is 18.3 Å². The molecule has 3 heteroatoms. The van der Waals surface area contributed by atoms with Crippen molar-refractivity contribution in [2.45, 2.75) is 6.92 Å². The highest BCUT2D eigenvalue weighted by Gasteiger charge is 2.15. The summed E-state index contributed by atoms with van der Waals surface area (Å²) in [7, 11) is 1.98. The Morgan fingerprint density at radius 1 is 0.559 bits per heavy atom. The highest BCUT2D eigenvalue weighted by molar-refractivity contribution is 6.07. The zero-order chi connectivity index (χ0) is 23.3. The molecule has 0 saturated carbocycles. The monoisotopic (exact) mass is 441 g/mol. The number of para-hydroxylation sites is 2. The van der Waals surface area contributed by atoms with Gasteiger partial charge in [-0.2, -0.15) is 5.10 Å². The van der Waals surface area contributed by atoms with E-state index in [1.54, 1.807) is 0 Å². The van der Waals surface area contributed by atoms with Crippen LogP contribution in [-0.4, -0.2) is 13.3 Å². The second kappa shape index (κ2) is 9.63. The average molecular weight is 442 g/mol. The predicted molar refractivity (Wildman–Crippen MR) is 146 cm³/mol. The van der Waals surface area contributed by atoms with Crippen LogP contribution >= 0.6 is 0 Å². The molecule has 166 valence electrons. The minimum atomic E-state index is 1.06. The van der Waals surface area contributed by atoms with Crippen molar-refractivity contribution in [1.82, 2.24) is 0 Å². The predicted octanol–water partition coefficient (Wildman–Crippen LogP) is 8.09. The number of rotatable bonds is 6. The zero-order valence-electron chi connectivity index (χ0n) is 19.5. The van der Waals surface area contributed by atoms with Crippen molar-refractivity contribution in [3.8, 4) is 0 Å². The maximum Gasteiger partial charge on any atom is 0.0590 e. The number of hydrogen-bond acceptors (Lipinski definition) is 3. The summed E-state index contributed by atoms with van der Waals surface area (Å²) in [5.41, 5.74) is 6.77. The van der Waals surface area contributed by atoms with E-state index in [4.69, 9.17) is 5.10 Å². The van der Waals surface area contributed by atoms with Gasteiger partial charge in [0.25, 0.3) is 0 Å². The van der Waals surface area contributed by atoms with Crippen LogP contribution in [0.3, 0.4) is 0 Å². The van der Waals surface area contributed by atoms with Crippen LogP contribution in [-0.2, 0) is 0 Å². The number of fused-ring (bicyclic) bond motifs is 1. The Morgan fingerprint density at radius 3 is 1.74 bits per heavy atom. The number of aryl methyl sites for hydroxylation is 1. The van der Waals surface area contributed by atoms with E-state index in [1.165, 1.54) is 10.9 Å². The Labute approximate surface area is 201 Å². The maximum atomic E-state index is 4.73. The molecule has 0 unspecified atom stereocenters. The first-order chi connectivity index (χ1) is 16.7. The highest BCUT2D eigenvalue weighted by Crippen LogP contribution is 2.39. The quantitative estimate of drug-likeness (QED) is 0.196. The molecule has 0 radical (unpaired) electrons. The lowest BCUT2D eigenvalue weighted by atomic mass is 10.0. The largest absolute Gasteiger partial charge is 0.310 e. The maximum absolute atomic E-state index is 4.73. The summed E-state index contributed by atoms with van der Waals surface area (Å²) in [5.74, 6) is 0. The summed E-state index contributed by atoms with van der Waals surface area (Å²) in [5, 5.41) is 8.98. The van der Waals surface area contributed by atoms with Crippen molar-refractivity contribution in [3.63, 3.8) is 0 Å². The number of nitrogens with zero attached hydrogens (tertiary/aromatic N) is 3. The average Bonchev–Trinajstić information content (AvgIpc) is 2.90. The molecule has 0 bridgehead atoms. The Morgan fingerprint density at radius 2 is 1.12 bits per heavy atom. The fourth-order valence-electron chi connectivity index (χ4n) is 4.17. The molecule has 0 aliphatic heterocycles. The van der Waals surface area contributed by atoms with Gasteiger partial charge in [-0.1, -0.05) is 84.4 Å². The fraction of sp³-hybridized carbons (Fsp3) is 0.0645. The normalized spacial score (nSPS) is 11.1. The molecule has 5 aromatic carbocycles. The van der Waals surface area contributed by atoms with Crippen molar-refractivity contribution in [3.05, 3.63) is 132 Å². The zero-order valence-corrected chi connectivity index (χ0v) is 19.5. The van der Waals surface area contributed by atoms with Crippen LogP contribution < -0.4 is 9.91 Å². The minimum Gasteiger partial charge on any atom is -0.310 e. The first-order valence-electron chi connectivity index (χ1n) is 11.5. The van der Waals surface area contributed by atoms with Crippen LogP contribution in [0.1, 0.15) is 11.1 Å². The molecule has 0 aliphatic rings. The van der Waals surface area contributed by atoms with Crippen LogP contribution in [0.15, 0.2) is 126 Å². The van der Waals surface area contributed by atoms with Crippen LogP contribution in [0.25, 0.3) is 10.8 Å². The Kier molecular flexibility index (Phi) is 6.09. The van der Waals surface area contributed by atoms with Crippen LogP contribution in [0, 0.1) is 6.92 Å². The van der Waals surface area contributed by atoms with E-state index < -0.39 is 0 Å². The van der Waals surface area contributed by atoms with Crippen molar-refractivity contribution in [2.24, 2.45) is 5.10 Å². The topological polar surface area (TPSA) is 18.8 Å². The lowest BCUT2D eigenvalue weighted by Crippen LogP contribution is -2.11. The summed E-state index contributed by atoms with van der Waals surface area (Å²) >= 11 is 0. The smallest absolute Gasteiger partial charge is 0.0590 e. The molecule has 0 fully saturated rings. The molecule has 0 saturated heterocycles. The number of hydrazone groups is 1. The van der Waals surface area contributed by atoms with E-state index in [2.05, 4.69) is 133 Å². The van der Waals surface area contributed by atoms with E-state index in [9.17, 15) is 0 Å². The molecule has 0 amide bonds. The molecular weight excluding hydrogens is 414 g/mol. The lowest BCUT2D eigenvalue weighted by molar-refractivity contribution is 1.02. The van der Waals surface area contributed by atoms with Gasteiger partial charge in [0, 0.05) is 29.4 Å². The molecule has 34 heavy (non-hydrogen) atoms. The van der Waals surface area contributed by atoms with E-state index in [0.29, 0.717) is 0 Å².